The molecule has 0 spiro atoms. The number of carbonyl (C=O) groups is 1. The third-order valence-corrected chi connectivity index (χ3v) is 3.92. The Balaban J connectivity index is 1.81. The number of amides is 1. The van der Waals surface area contributed by atoms with Gasteiger partial charge in [0.2, 0.25) is 0 Å². The topological polar surface area (TPSA) is 51.1 Å². The molecule has 0 saturated carbocycles. The summed E-state index contributed by atoms with van der Waals surface area (Å²) in [6.45, 7) is 4.93. The van der Waals surface area contributed by atoms with Crippen LogP contribution in [0.25, 0.3) is 0 Å². The summed E-state index contributed by atoms with van der Waals surface area (Å²) in [5.41, 5.74) is 0.746. The average molecular weight is 345 g/mol. The minimum atomic E-state index is -0.103. The van der Waals surface area contributed by atoms with Gasteiger partial charge in [-0.3, -0.25) is 4.79 Å². The van der Waals surface area contributed by atoms with E-state index in [1.165, 1.54) is 6.21 Å². The second-order valence-electron chi connectivity index (χ2n) is 5.24. The van der Waals surface area contributed by atoms with Gasteiger partial charge in [0.05, 0.1) is 28.5 Å². The average Bonchev–Trinajstić information content (AvgIpc) is 2.46. The molecule has 1 heterocycles. The molecule has 2 atom stereocenters. The summed E-state index contributed by atoms with van der Waals surface area (Å²) in [5.74, 6) is -0.103. The van der Waals surface area contributed by atoms with Crippen LogP contribution in [-0.2, 0) is 14.4 Å². The van der Waals surface area contributed by atoms with Crippen LogP contribution in [0.1, 0.15) is 19.4 Å². The predicted molar refractivity (Wildman–Crippen MR) is 86.6 cm³/mol. The minimum absolute atomic E-state index is 0.0346. The number of morpholine rings is 1. The van der Waals surface area contributed by atoms with Crippen LogP contribution in [0.5, 0.6) is 0 Å². The molecule has 1 aliphatic heterocycles. The lowest BCUT2D eigenvalue weighted by molar-refractivity contribution is -0.147. The lowest BCUT2D eigenvalue weighted by Gasteiger charge is -2.34. The standard InChI is InChI=1S/C15H18Cl2N2O3/c1-10-7-19(8-11(2)22-10)15(20)9-21-18-6-12-3-4-13(16)14(17)5-12/h3-6,10-11H,7-9H2,1-2H3/b18-6+. The van der Waals surface area contributed by atoms with Crippen molar-refractivity contribution in [1.82, 2.24) is 4.90 Å². The molecule has 1 aromatic rings. The molecular weight excluding hydrogens is 327 g/mol. The van der Waals surface area contributed by atoms with Crippen molar-refractivity contribution in [3.8, 4) is 0 Å². The zero-order valence-corrected chi connectivity index (χ0v) is 14.0. The molecule has 0 N–H and O–H groups in total. The van der Waals surface area contributed by atoms with E-state index in [0.29, 0.717) is 23.1 Å². The quantitative estimate of drug-likeness (QED) is 0.623. The highest BCUT2D eigenvalue weighted by atomic mass is 35.5. The highest BCUT2D eigenvalue weighted by Crippen LogP contribution is 2.21. The summed E-state index contributed by atoms with van der Waals surface area (Å²) >= 11 is 11.7. The lowest BCUT2D eigenvalue weighted by atomic mass is 10.2. The van der Waals surface area contributed by atoms with Crippen LogP contribution >= 0.6 is 23.2 Å². The molecule has 2 unspecified atom stereocenters. The first-order valence-electron chi connectivity index (χ1n) is 6.99. The third-order valence-electron chi connectivity index (χ3n) is 3.18. The van der Waals surface area contributed by atoms with Gasteiger partial charge in [0, 0.05) is 13.1 Å². The van der Waals surface area contributed by atoms with E-state index < -0.39 is 0 Å². The van der Waals surface area contributed by atoms with Crippen molar-refractivity contribution in [2.75, 3.05) is 19.7 Å². The SMILES string of the molecule is CC1CN(C(=O)CO/N=C/c2ccc(Cl)c(Cl)c2)CC(C)O1. The van der Waals surface area contributed by atoms with Crippen LogP contribution in [0.4, 0.5) is 0 Å². The number of halogens is 2. The Morgan fingerprint density at radius 3 is 2.68 bits per heavy atom. The molecule has 5 nitrogen and oxygen atoms in total. The molecule has 7 heteroatoms. The number of oxime groups is 1. The number of ether oxygens (including phenoxy) is 1. The van der Waals surface area contributed by atoms with Gasteiger partial charge in [-0.05, 0) is 31.5 Å². The molecular formula is C15H18Cl2N2O3. The van der Waals surface area contributed by atoms with Gasteiger partial charge in [-0.2, -0.15) is 0 Å². The minimum Gasteiger partial charge on any atom is -0.386 e. The Morgan fingerprint density at radius 2 is 2.05 bits per heavy atom. The highest BCUT2D eigenvalue weighted by molar-refractivity contribution is 6.42. The molecule has 1 amide bonds. The van der Waals surface area contributed by atoms with Crippen molar-refractivity contribution in [3.05, 3.63) is 33.8 Å². The van der Waals surface area contributed by atoms with Crippen molar-refractivity contribution in [3.63, 3.8) is 0 Å². The fraction of sp³-hybridized carbons (Fsp3) is 0.467. The fourth-order valence-corrected chi connectivity index (χ4v) is 2.56. The molecule has 0 aromatic heterocycles. The number of hydrogen-bond donors (Lipinski definition) is 0. The summed E-state index contributed by atoms with van der Waals surface area (Å²) < 4.78 is 5.58. The van der Waals surface area contributed by atoms with Crippen LogP contribution in [0, 0.1) is 0 Å². The molecule has 1 saturated heterocycles. The molecule has 1 aliphatic rings. The van der Waals surface area contributed by atoms with Crippen molar-refractivity contribution in [1.29, 1.82) is 0 Å². The number of benzene rings is 1. The van der Waals surface area contributed by atoms with E-state index in [2.05, 4.69) is 5.16 Å². The first-order chi connectivity index (χ1) is 10.5. The van der Waals surface area contributed by atoms with Crippen LogP contribution < -0.4 is 0 Å². The van der Waals surface area contributed by atoms with E-state index in [-0.39, 0.29) is 24.7 Å². The normalized spacial score (nSPS) is 22.1. The smallest absolute Gasteiger partial charge is 0.263 e. The van der Waals surface area contributed by atoms with Gasteiger partial charge in [-0.15, -0.1) is 0 Å². The number of carbonyl (C=O) groups excluding carboxylic acids is 1. The Morgan fingerprint density at radius 1 is 1.36 bits per heavy atom. The molecule has 1 aromatic carbocycles. The van der Waals surface area contributed by atoms with Gasteiger partial charge in [0.15, 0.2) is 6.61 Å². The van der Waals surface area contributed by atoms with E-state index in [1.54, 1.807) is 23.1 Å². The molecule has 0 bridgehead atoms. The second-order valence-corrected chi connectivity index (χ2v) is 6.05. The van der Waals surface area contributed by atoms with Crippen molar-refractivity contribution in [2.45, 2.75) is 26.1 Å². The van der Waals surface area contributed by atoms with E-state index in [1.807, 2.05) is 13.8 Å². The van der Waals surface area contributed by atoms with E-state index in [4.69, 9.17) is 32.8 Å². The summed E-state index contributed by atoms with van der Waals surface area (Å²) in [7, 11) is 0. The maximum atomic E-state index is 12.0. The van der Waals surface area contributed by atoms with Crippen molar-refractivity contribution in [2.24, 2.45) is 5.16 Å². The maximum absolute atomic E-state index is 12.0. The zero-order chi connectivity index (χ0) is 16.1. The summed E-state index contributed by atoms with van der Waals surface area (Å²) in [6, 6.07) is 5.10. The van der Waals surface area contributed by atoms with Gasteiger partial charge < -0.3 is 14.5 Å². The monoisotopic (exact) mass is 344 g/mol. The number of hydrogen-bond acceptors (Lipinski definition) is 4. The molecule has 0 radical (unpaired) electrons. The second kappa shape index (κ2) is 7.81. The molecule has 22 heavy (non-hydrogen) atoms. The third kappa shape index (κ3) is 4.87. The van der Waals surface area contributed by atoms with E-state index >= 15 is 0 Å². The first-order valence-corrected chi connectivity index (χ1v) is 7.75. The summed E-state index contributed by atoms with van der Waals surface area (Å²) in [5, 5.41) is 4.70. The van der Waals surface area contributed by atoms with Crippen molar-refractivity contribution < 1.29 is 14.4 Å². The number of nitrogens with zero attached hydrogens (tertiary/aromatic N) is 2. The van der Waals surface area contributed by atoms with Gasteiger partial charge >= 0.3 is 0 Å². The van der Waals surface area contributed by atoms with Gasteiger partial charge in [0.1, 0.15) is 0 Å². The Kier molecular flexibility index (Phi) is 6.06. The lowest BCUT2D eigenvalue weighted by Crippen LogP contribution is -2.49. The van der Waals surface area contributed by atoms with Crippen LogP contribution in [0.3, 0.4) is 0 Å². The van der Waals surface area contributed by atoms with Crippen LogP contribution in [-0.4, -0.2) is 48.9 Å². The largest absolute Gasteiger partial charge is 0.386 e. The molecule has 2 rings (SSSR count). The Hall–Kier alpha value is -1.30. The Labute approximate surface area is 139 Å². The molecule has 1 fully saturated rings. The van der Waals surface area contributed by atoms with Gasteiger partial charge in [0.25, 0.3) is 5.91 Å². The maximum Gasteiger partial charge on any atom is 0.263 e. The summed E-state index contributed by atoms with van der Waals surface area (Å²) in [4.78, 5) is 18.8. The molecule has 0 aliphatic carbocycles. The molecule has 120 valence electrons. The van der Waals surface area contributed by atoms with Crippen LogP contribution in [0.15, 0.2) is 23.4 Å². The Bertz CT molecular complexity index is 556. The van der Waals surface area contributed by atoms with Crippen molar-refractivity contribution >= 4 is 35.3 Å². The summed E-state index contributed by atoms with van der Waals surface area (Å²) in [6.07, 6.45) is 1.56. The van der Waals surface area contributed by atoms with Gasteiger partial charge in [-0.25, -0.2) is 0 Å². The zero-order valence-electron chi connectivity index (χ0n) is 12.5. The first kappa shape index (κ1) is 17.1. The van der Waals surface area contributed by atoms with E-state index in [9.17, 15) is 4.79 Å². The van der Waals surface area contributed by atoms with E-state index in [0.717, 1.165) is 5.56 Å². The predicted octanol–water partition coefficient (Wildman–Crippen LogP) is 2.98. The fourth-order valence-electron chi connectivity index (χ4n) is 2.26. The van der Waals surface area contributed by atoms with Gasteiger partial charge in [-0.1, -0.05) is 34.4 Å². The van der Waals surface area contributed by atoms with Crippen LogP contribution in [0.2, 0.25) is 10.0 Å². The highest BCUT2D eigenvalue weighted by Gasteiger charge is 2.25. The number of rotatable bonds is 4.